The predicted octanol–water partition coefficient (Wildman–Crippen LogP) is 4.78. The van der Waals surface area contributed by atoms with Crippen LogP contribution in [-0.4, -0.2) is 24.2 Å². The molecule has 1 aromatic rings. The molecule has 1 atom stereocenters. The van der Waals surface area contributed by atoms with E-state index in [0.717, 1.165) is 10.0 Å². The van der Waals surface area contributed by atoms with Crippen LogP contribution >= 0.6 is 15.9 Å². The van der Waals surface area contributed by atoms with Gasteiger partial charge in [-0.15, -0.1) is 0 Å². The number of nitrogens with zero attached hydrogens (tertiary/aromatic N) is 1. The van der Waals surface area contributed by atoms with E-state index < -0.39 is 12.1 Å². The normalized spacial score (nSPS) is 20.5. The summed E-state index contributed by atoms with van der Waals surface area (Å²) in [4.78, 5) is 2.13. The zero-order chi connectivity index (χ0) is 14.0. The summed E-state index contributed by atoms with van der Waals surface area (Å²) in [6, 6.07) is 8.03. The predicted molar refractivity (Wildman–Crippen MR) is 72.9 cm³/mol. The van der Waals surface area contributed by atoms with Crippen LogP contribution in [-0.2, 0) is 0 Å². The van der Waals surface area contributed by atoms with Crippen LogP contribution in [0.1, 0.15) is 31.4 Å². The SMILES string of the molecule is CC(c1ccccc1Br)N1CCC(C(F)(F)F)CC1. The molecule has 0 aliphatic carbocycles. The minimum Gasteiger partial charge on any atom is -0.297 e. The van der Waals surface area contributed by atoms with Crippen molar-refractivity contribution in [3.8, 4) is 0 Å². The fourth-order valence-electron chi connectivity index (χ4n) is 2.62. The van der Waals surface area contributed by atoms with E-state index >= 15 is 0 Å². The largest absolute Gasteiger partial charge is 0.391 e. The van der Waals surface area contributed by atoms with Gasteiger partial charge in [0, 0.05) is 10.5 Å². The highest BCUT2D eigenvalue weighted by atomic mass is 79.9. The van der Waals surface area contributed by atoms with E-state index in [1.165, 1.54) is 0 Å². The molecule has 106 valence electrons. The van der Waals surface area contributed by atoms with Crippen molar-refractivity contribution in [3.05, 3.63) is 34.3 Å². The van der Waals surface area contributed by atoms with E-state index in [2.05, 4.69) is 20.8 Å². The summed E-state index contributed by atoms with van der Waals surface area (Å²) in [5, 5.41) is 0. The first-order chi connectivity index (χ1) is 8.89. The summed E-state index contributed by atoms with van der Waals surface area (Å²) >= 11 is 3.50. The maximum atomic E-state index is 12.6. The molecule has 5 heteroatoms. The fraction of sp³-hybridized carbons (Fsp3) is 0.571. The molecule has 0 amide bonds. The van der Waals surface area contributed by atoms with E-state index in [1.54, 1.807) is 0 Å². The Bertz CT molecular complexity index is 425. The highest BCUT2D eigenvalue weighted by Gasteiger charge is 2.41. The zero-order valence-corrected chi connectivity index (χ0v) is 12.3. The summed E-state index contributed by atoms with van der Waals surface area (Å²) in [7, 11) is 0. The quantitative estimate of drug-likeness (QED) is 0.751. The lowest BCUT2D eigenvalue weighted by Crippen LogP contribution is -2.40. The van der Waals surface area contributed by atoms with Gasteiger partial charge in [-0.05, 0) is 44.5 Å². The monoisotopic (exact) mass is 335 g/mol. The molecule has 0 radical (unpaired) electrons. The van der Waals surface area contributed by atoms with E-state index in [4.69, 9.17) is 0 Å². The first-order valence-electron chi connectivity index (χ1n) is 6.45. The van der Waals surface area contributed by atoms with Crippen LogP contribution in [0.2, 0.25) is 0 Å². The maximum Gasteiger partial charge on any atom is 0.391 e. The molecule has 0 saturated carbocycles. The fourth-order valence-corrected chi connectivity index (χ4v) is 3.24. The number of alkyl halides is 3. The summed E-state index contributed by atoms with van der Waals surface area (Å²) in [6.07, 6.45) is -3.63. The van der Waals surface area contributed by atoms with Crippen LogP contribution in [0, 0.1) is 5.92 Å². The van der Waals surface area contributed by atoms with Gasteiger partial charge < -0.3 is 0 Å². The van der Waals surface area contributed by atoms with Gasteiger partial charge in [-0.3, -0.25) is 4.90 Å². The molecule has 2 rings (SSSR count). The Morgan fingerprint density at radius 1 is 1.21 bits per heavy atom. The zero-order valence-electron chi connectivity index (χ0n) is 10.8. The third kappa shape index (κ3) is 3.51. The van der Waals surface area contributed by atoms with Crippen molar-refractivity contribution in [1.82, 2.24) is 4.90 Å². The number of hydrogen-bond acceptors (Lipinski definition) is 1. The number of likely N-dealkylation sites (tertiary alicyclic amines) is 1. The van der Waals surface area contributed by atoms with Gasteiger partial charge in [0.15, 0.2) is 0 Å². The first kappa shape index (κ1) is 14.9. The third-order valence-corrected chi connectivity index (χ3v) is 4.62. The molecule has 0 bridgehead atoms. The van der Waals surface area contributed by atoms with Crippen molar-refractivity contribution in [2.45, 2.75) is 32.0 Å². The number of hydrogen-bond donors (Lipinski definition) is 0. The molecule has 0 spiro atoms. The minimum atomic E-state index is -4.04. The highest BCUT2D eigenvalue weighted by Crippen LogP contribution is 2.37. The average Bonchev–Trinajstić information content (AvgIpc) is 2.38. The summed E-state index contributed by atoms with van der Waals surface area (Å²) in [5.74, 6) is -1.13. The van der Waals surface area contributed by atoms with Crippen molar-refractivity contribution in [2.24, 2.45) is 5.92 Å². The van der Waals surface area contributed by atoms with E-state index in [1.807, 2.05) is 31.2 Å². The summed E-state index contributed by atoms with van der Waals surface area (Å²) in [5.41, 5.74) is 1.13. The molecular weight excluding hydrogens is 319 g/mol. The smallest absolute Gasteiger partial charge is 0.297 e. The number of rotatable bonds is 2. The molecule has 1 saturated heterocycles. The van der Waals surface area contributed by atoms with Crippen molar-refractivity contribution in [1.29, 1.82) is 0 Å². The van der Waals surface area contributed by atoms with Crippen LogP contribution < -0.4 is 0 Å². The van der Waals surface area contributed by atoms with Gasteiger partial charge in [-0.2, -0.15) is 13.2 Å². The van der Waals surface area contributed by atoms with E-state index in [-0.39, 0.29) is 18.9 Å². The molecule has 0 aromatic heterocycles. The molecular formula is C14H17BrF3N. The highest BCUT2D eigenvalue weighted by molar-refractivity contribution is 9.10. The molecule has 0 N–H and O–H groups in total. The molecule has 1 nitrogen and oxygen atoms in total. The molecule has 1 fully saturated rings. The molecule has 19 heavy (non-hydrogen) atoms. The minimum absolute atomic E-state index is 0.143. The Hall–Kier alpha value is -0.550. The second kappa shape index (κ2) is 5.83. The van der Waals surface area contributed by atoms with Crippen LogP contribution in [0.5, 0.6) is 0 Å². The van der Waals surface area contributed by atoms with Crippen molar-refractivity contribution in [2.75, 3.05) is 13.1 Å². The van der Waals surface area contributed by atoms with Crippen molar-refractivity contribution < 1.29 is 13.2 Å². The molecule has 1 unspecified atom stereocenters. The first-order valence-corrected chi connectivity index (χ1v) is 7.24. The van der Waals surface area contributed by atoms with Crippen LogP contribution in [0.25, 0.3) is 0 Å². The number of benzene rings is 1. The lowest BCUT2D eigenvalue weighted by atomic mass is 9.94. The topological polar surface area (TPSA) is 3.24 Å². The lowest BCUT2D eigenvalue weighted by molar-refractivity contribution is -0.186. The average molecular weight is 336 g/mol. The second-order valence-corrected chi connectivity index (χ2v) is 5.90. The maximum absolute atomic E-state index is 12.6. The molecule has 1 aliphatic rings. The van der Waals surface area contributed by atoms with Gasteiger partial charge in [0.25, 0.3) is 0 Å². The van der Waals surface area contributed by atoms with E-state index in [9.17, 15) is 13.2 Å². The summed E-state index contributed by atoms with van der Waals surface area (Å²) in [6.45, 7) is 3.06. The van der Waals surface area contributed by atoms with Gasteiger partial charge >= 0.3 is 6.18 Å². The third-order valence-electron chi connectivity index (χ3n) is 3.90. The number of piperidine rings is 1. The summed E-state index contributed by atoms with van der Waals surface area (Å²) < 4.78 is 38.9. The standard InChI is InChI=1S/C14H17BrF3N/c1-10(12-4-2-3-5-13(12)15)19-8-6-11(7-9-19)14(16,17)18/h2-5,10-11H,6-9H2,1H3. The molecule has 1 aliphatic heterocycles. The Morgan fingerprint density at radius 3 is 2.32 bits per heavy atom. The van der Waals surface area contributed by atoms with Gasteiger partial charge in [0.2, 0.25) is 0 Å². The Morgan fingerprint density at radius 2 is 1.79 bits per heavy atom. The van der Waals surface area contributed by atoms with Crippen LogP contribution in [0.3, 0.4) is 0 Å². The number of halogens is 4. The lowest BCUT2D eigenvalue weighted by Gasteiger charge is -2.37. The molecule has 1 aromatic carbocycles. The van der Waals surface area contributed by atoms with Crippen LogP contribution in [0.15, 0.2) is 28.7 Å². The van der Waals surface area contributed by atoms with Crippen LogP contribution in [0.4, 0.5) is 13.2 Å². The van der Waals surface area contributed by atoms with Gasteiger partial charge in [0.1, 0.15) is 0 Å². The van der Waals surface area contributed by atoms with Gasteiger partial charge in [-0.1, -0.05) is 34.1 Å². The Labute approximate surface area is 119 Å². The van der Waals surface area contributed by atoms with Gasteiger partial charge in [0.05, 0.1) is 5.92 Å². The van der Waals surface area contributed by atoms with Crippen molar-refractivity contribution in [3.63, 3.8) is 0 Å². The van der Waals surface area contributed by atoms with Crippen molar-refractivity contribution >= 4 is 15.9 Å². The Balaban J connectivity index is 2.00. The van der Waals surface area contributed by atoms with E-state index in [0.29, 0.717) is 13.1 Å². The Kier molecular flexibility index (Phi) is 4.56. The molecule has 1 heterocycles. The second-order valence-electron chi connectivity index (χ2n) is 5.05. The van der Waals surface area contributed by atoms with Gasteiger partial charge in [-0.25, -0.2) is 0 Å².